The van der Waals surface area contributed by atoms with Crippen molar-refractivity contribution in [1.82, 2.24) is 29.5 Å². The summed E-state index contributed by atoms with van der Waals surface area (Å²) in [6.45, 7) is 14.3. The van der Waals surface area contributed by atoms with E-state index < -0.39 is 0 Å². The van der Waals surface area contributed by atoms with Crippen LogP contribution in [0.5, 0.6) is 0 Å². The average Bonchev–Trinajstić information content (AvgIpc) is 3.46. The van der Waals surface area contributed by atoms with Crippen LogP contribution in [-0.4, -0.2) is 66.4 Å². The van der Waals surface area contributed by atoms with E-state index in [1.807, 2.05) is 9.42 Å². The number of piperazine rings is 1. The Bertz CT molecular complexity index is 1440. The van der Waals surface area contributed by atoms with E-state index in [1.165, 1.54) is 11.1 Å². The third kappa shape index (κ3) is 4.01. The molecule has 8 nitrogen and oxygen atoms in total. The van der Waals surface area contributed by atoms with Gasteiger partial charge in [0.2, 0.25) is 5.91 Å². The number of nitrogens with one attached hydrogen (secondary N) is 1. The fourth-order valence-corrected chi connectivity index (χ4v) is 5.64. The van der Waals surface area contributed by atoms with Crippen molar-refractivity contribution in [1.29, 1.82) is 0 Å². The summed E-state index contributed by atoms with van der Waals surface area (Å²) in [5.74, 6) is 1.69. The Morgan fingerprint density at radius 3 is 2.67 bits per heavy atom. The van der Waals surface area contributed by atoms with Gasteiger partial charge in [-0.05, 0) is 56.9 Å². The summed E-state index contributed by atoms with van der Waals surface area (Å²) in [6, 6.07) is 4.48. The van der Waals surface area contributed by atoms with E-state index in [2.05, 4.69) is 79.8 Å². The van der Waals surface area contributed by atoms with Gasteiger partial charge in [-0.15, -0.1) is 11.6 Å². The number of hydrogen-bond donors (Lipinski definition) is 1. The third-order valence-electron chi connectivity index (χ3n) is 7.55. The van der Waals surface area contributed by atoms with Gasteiger partial charge in [0.25, 0.3) is 0 Å². The van der Waals surface area contributed by atoms with Gasteiger partial charge in [0.15, 0.2) is 5.65 Å². The monoisotopic (exact) mass is 507 g/mol. The zero-order valence-electron chi connectivity index (χ0n) is 21.8. The largest absolute Gasteiger partial charge is 0.353 e. The molecule has 0 bridgehead atoms. The number of alkyl halides is 1. The van der Waals surface area contributed by atoms with Gasteiger partial charge in [0.1, 0.15) is 12.1 Å². The highest BCUT2D eigenvalue weighted by Gasteiger charge is 2.32. The Kier molecular flexibility index (Phi) is 6.41. The number of aromatic nitrogens is 5. The maximum absolute atomic E-state index is 12.5. The number of pyridine rings is 2. The number of amides is 1. The highest BCUT2D eigenvalue weighted by molar-refractivity contribution is 6.18. The Morgan fingerprint density at radius 1 is 1.17 bits per heavy atom. The molecule has 1 amide bonds. The zero-order chi connectivity index (χ0) is 25.7. The molecule has 5 rings (SSSR count). The minimum atomic E-state index is 0.0980. The molecular weight excluding hydrogens is 474 g/mol. The van der Waals surface area contributed by atoms with Crippen LogP contribution in [0.4, 0.5) is 5.82 Å². The summed E-state index contributed by atoms with van der Waals surface area (Å²) in [5.41, 5.74) is 8.60. The van der Waals surface area contributed by atoms with Crippen molar-refractivity contribution in [3.63, 3.8) is 0 Å². The molecule has 0 aliphatic carbocycles. The molecule has 1 aliphatic rings. The van der Waals surface area contributed by atoms with Crippen LogP contribution in [-0.2, 0) is 4.79 Å². The van der Waals surface area contributed by atoms with Crippen LogP contribution in [0.25, 0.3) is 27.9 Å². The Balaban J connectivity index is 1.57. The maximum atomic E-state index is 12.5. The van der Waals surface area contributed by atoms with Crippen molar-refractivity contribution in [3.8, 4) is 11.3 Å². The molecule has 9 heteroatoms. The molecule has 0 aromatic carbocycles. The van der Waals surface area contributed by atoms with E-state index in [1.54, 1.807) is 6.33 Å². The molecule has 0 spiro atoms. The van der Waals surface area contributed by atoms with Gasteiger partial charge >= 0.3 is 0 Å². The van der Waals surface area contributed by atoms with Crippen LogP contribution in [0.15, 0.2) is 24.7 Å². The Morgan fingerprint density at radius 2 is 1.94 bits per heavy atom. The lowest BCUT2D eigenvalue weighted by Gasteiger charge is -2.44. The van der Waals surface area contributed by atoms with Crippen LogP contribution in [0.3, 0.4) is 0 Å². The predicted molar refractivity (Wildman–Crippen MR) is 145 cm³/mol. The molecule has 1 fully saturated rings. The molecule has 36 heavy (non-hydrogen) atoms. The number of H-pyrrole nitrogens is 1. The molecule has 1 aliphatic heterocycles. The quantitative estimate of drug-likeness (QED) is 0.381. The number of carbonyl (C=O) groups is 1. The summed E-state index contributed by atoms with van der Waals surface area (Å²) in [5, 5.41) is 4.39. The number of anilines is 1. The number of nitrogens with zero attached hydrogens (tertiary/aromatic N) is 6. The third-order valence-corrected chi connectivity index (χ3v) is 7.74. The van der Waals surface area contributed by atoms with Gasteiger partial charge in [-0.1, -0.05) is 13.8 Å². The summed E-state index contributed by atoms with van der Waals surface area (Å²) >= 11 is 5.83. The van der Waals surface area contributed by atoms with E-state index in [0.29, 0.717) is 18.8 Å². The van der Waals surface area contributed by atoms with Crippen LogP contribution >= 0.6 is 11.6 Å². The average molecular weight is 508 g/mol. The van der Waals surface area contributed by atoms with Crippen molar-refractivity contribution < 1.29 is 4.79 Å². The lowest BCUT2D eigenvalue weighted by Crippen LogP contribution is -2.58. The van der Waals surface area contributed by atoms with Crippen molar-refractivity contribution in [3.05, 3.63) is 41.3 Å². The second kappa shape index (κ2) is 9.39. The van der Waals surface area contributed by atoms with Gasteiger partial charge in [-0.25, -0.2) is 14.5 Å². The van der Waals surface area contributed by atoms with Crippen molar-refractivity contribution in [2.75, 3.05) is 23.9 Å². The lowest BCUT2D eigenvalue weighted by molar-refractivity contribution is -0.133. The number of halogens is 1. The summed E-state index contributed by atoms with van der Waals surface area (Å²) in [6.07, 6.45) is 4.04. The molecule has 0 saturated carbocycles. The molecule has 1 saturated heterocycles. The second-order valence-corrected chi connectivity index (χ2v) is 10.7. The Hall–Kier alpha value is -3.13. The number of rotatable bonds is 5. The minimum Gasteiger partial charge on any atom is -0.353 e. The first-order valence-corrected chi connectivity index (χ1v) is 13.2. The highest BCUT2D eigenvalue weighted by Crippen LogP contribution is 2.38. The lowest BCUT2D eigenvalue weighted by atomic mass is 9.95. The molecule has 1 N–H and O–H groups in total. The fraction of sp³-hybridized carbons (Fsp3) is 0.481. The molecule has 4 aromatic heterocycles. The van der Waals surface area contributed by atoms with E-state index in [9.17, 15) is 4.79 Å². The van der Waals surface area contributed by atoms with Crippen LogP contribution < -0.4 is 4.90 Å². The van der Waals surface area contributed by atoms with Gasteiger partial charge in [-0.3, -0.25) is 4.79 Å². The smallest absolute Gasteiger partial charge is 0.224 e. The normalized spacial score (nSPS) is 18.7. The fourth-order valence-electron chi connectivity index (χ4n) is 5.48. The highest BCUT2D eigenvalue weighted by atomic mass is 35.5. The number of aryl methyl sites for hydroxylation is 1. The molecular formula is C27H34ClN7O. The number of aromatic amines is 1. The van der Waals surface area contributed by atoms with Gasteiger partial charge in [0.05, 0.1) is 16.7 Å². The van der Waals surface area contributed by atoms with Crippen LogP contribution in [0, 0.1) is 13.8 Å². The standard InChI is InChI=1S/C27H34ClN7O/c1-15(2)24-25(20-13-35-27(29-14-30-35)19(6)18(20)5)31-21-7-8-22(32-26(21)24)33-11-17(4)34(12-16(33)3)23(36)9-10-28/h7-8,13-17,31H,9-12H2,1-6H3/t16-,17+/m0/s1. The Labute approximate surface area is 216 Å². The molecule has 4 aromatic rings. The number of carbonyl (C=O) groups excluding carboxylic acids is 1. The van der Waals surface area contributed by atoms with Gasteiger partial charge < -0.3 is 14.8 Å². The van der Waals surface area contributed by atoms with Crippen molar-refractivity contribution in [2.45, 2.75) is 66.0 Å². The zero-order valence-corrected chi connectivity index (χ0v) is 22.6. The molecule has 0 unspecified atom stereocenters. The van der Waals surface area contributed by atoms with Gasteiger partial charge in [-0.2, -0.15) is 5.10 Å². The van der Waals surface area contributed by atoms with Crippen LogP contribution in [0.1, 0.15) is 56.7 Å². The number of hydrogen-bond acceptors (Lipinski definition) is 5. The minimum absolute atomic E-state index is 0.0980. The summed E-state index contributed by atoms with van der Waals surface area (Å²) < 4.78 is 1.85. The van der Waals surface area contributed by atoms with Crippen molar-refractivity contribution in [2.24, 2.45) is 0 Å². The maximum Gasteiger partial charge on any atom is 0.224 e. The first kappa shape index (κ1) is 24.6. The molecule has 5 heterocycles. The first-order valence-electron chi connectivity index (χ1n) is 12.7. The molecule has 190 valence electrons. The van der Waals surface area contributed by atoms with Crippen molar-refractivity contribution >= 4 is 40.0 Å². The number of fused-ring (bicyclic) bond motifs is 2. The van der Waals surface area contributed by atoms with E-state index in [4.69, 9.17) is 16.6 Å². The SMILES string of the molecule is Cc1c(-c2[nH]c3ccc(N4C[C@@H](C)N(C(=O)CCCl)C[C@@H]4C)nc3c2C(C)C)cn2ncnc2c1C. The summed E-state index contributed by atoms with van der Waals surface area (Å²) in [7, 11) is 0. The summed E-state index contributed by atoms with van der Waals surface area (Å²) in [4.78, 5) is 30.1. The molecule has 2 atom stereocenters. The van der Waals surface area contributed by atoms with E-state index >= 15 is 0 Å². The molecule has 0 radical (unpaired) electrons. The van der Waals surface area contributed by atoms with E-state index in [-0.39, 0.29) is 23.9 Å². The second-order valence-electron chi connectivity index (χ2n) is 10.3. The topological polar surface area (TPSA) is 82.4 Å². The van der Waals surface area contributed by atoms with E-state index in [0.717, 1.165) is 45.9 Å². The van der Waals surface area contributed by atoms with Crippen LogP contribution in [0.2, 0.25) is 0 Å². The van der Waals surface area contributed by atoms with Gasteiger partial charge in [0, 0.05) is 54.8 Å². The first-order chi connectivity index (χ1) is 17.2. The predicted octanol–water partition coefficient (Wildman–Crippen LogP) is 5.07.